The van der Waals surface area contributed by atoms with Crippen LogP contribution in [0.2, 0.25) is 0 Å². The molecule has 126 valence electrons. The highest BCUT2D eigenvalue weighted by atomic mass is 16.5. The number of benzene rings is 2. The van der Waals surface area contributed by atoms with E-state index in [1.54, 1.807) is 7.11 Å². The molecule has 0 bridgehead atoms. The second-order valence-corrected chi connectivity index (χ2v) is 6.37. The topological polar surface area (TPSA) is 15.7 Å². The van der Waals surface area contributed by atoms with E-state index in [-0.39, 0.29) is 0 Å². The highest BCUT2D eigenvalue weighted by molar-refractivity contribution is 5.53. The van der Waals surface area contributed by atoms with Gasteiger partial charge in [0.2, 0.25) is 0 Å². The van der Waals surface area contributed by atoms with Gasteiger partial charge in [0.15, 0.2) is 0 Å². The molecule has 0 amide bonds. The van der Waals surface area contributed by atoms with E-state index in [0.717, 1.165) is 38.5 Å². The van der Waals surface area contributed by atoms with Crippen molar-refractivity contribution in [3.05, 3.63) is 65.7 Å². The molecule has 2 aromatic rings. The molecule has 0 atom stereocenters. The molecule has 1 heterocycles. The molecule has 1 saturated heterocycles. The summed E-state index contributed by atoms with van der Waals surface area (Å²) >= 11 is 0. The van der Waals surface area contributed by atoms with Crippen LogP contribution in [0, 0.1) is 0 Å². The molecule has 24 heavy (non-hydrogen) atoms. The Balaban J connectivity index is 1.54. The third-order valence-corrected chi connectivity index (χ3v) is 4.48. The number of methoxy groups -OCH3 is 1. The van der Waals surface area contributed by atoms with Gasteiger partial charge in [-0.2, -0.15) is 0 Å². The van der Waals surface area contributed by atoms with Crippen LogP contribution in [0.1, 0.15) is 12.5 Å². The highest BCUT2D eigenvalue weighted by Gasteiger charge is 2.17. The van der Waals surface area contributed by atoms with Crippen molar-refractivity contribution in [3.8, 4) is 5.75 Å². The van der Waals surface area contributed by atoms with Gasteiger partial charge in [0.25, 0.3) is 0 Å². The predicted octanol–water partition coefficient (Wildman–Crippen LogP) is 3.92. The van der Waals surface area contributed by atoms with E-state index in [0.29, 0.717) is 0 Å². The Morgan fingerprint density at radius 2 is 1.75 bits per heavy atom. The van der Waals surface area contributed by atoms with Gasteiger partial charge in [-0.1, -0.05) is 48.0 Å². The zero-order valence-corrected chi connectivity index (χ0v) is 14.6. The van der Waals surface area contributed by atoms with Crippen LogP contribution in [-0.4, -0.2) is 44.7 Å². The number of hydrogen-bond acceptors (Lipinski definition) is 3. The molecule has 3 rings (SSSR count). The summed E-state index contributed by atoms with van der Waals surface area (Å²) in [4.78, 5) is 4.97. The smallest absolute Gasteiger partial charge is 0.120 e. The van der Waals surface area contributed by atoms with Crippen LogP contribution in [0.3, 0.4) is 0 Å². The van der Waals surface area contributed by atoms with Gasteiger partial charge in [-0.25, -0.2) is 0 Å². The lowest BCUT2D eigenvalue weighted by Gasteiger charge is -2.36. The molecule has 0 aromatic heterocycles. The molecule has 3 nitrogen and oxygen atoms in total. The first kappa shape index (κ1) is 16.6. The van der Waals surface area contributed by atoms with E-state index < -0.39 is 0 Å². The summed E-state index contributed by atoms with van der Waals surface area (Å²) in [6, 6.07) is 18.9. The second kappa shape index (κ2) is 8.02. The van der Waals surface area contributed by atoms with Gasteiger partial charge in [0.1, 0.15) is 5.75 Å². The summed E-state index contributed by atoms with van der Waals surface area (Å²) in [5.41, 5.74) is 3.95. The number of piperazine rings is 1. The minimum absolute atomic E-state index is 0.927. The van der Waals surface area contributed by atoms with E-state index in [1.807, 2.05) is 6.07 Å². The van der Waals surface area contributed by atoms with Crippen molar-refractivity contribution in [2.45, 2.75) is 6.92 Å². The Bertz CT molecular complexity index is 673. The fourth-order valence-corrected chi connectivity index (χ4v) is 3.20. The molecule has 0 saturated carbocycles. The summed E-state index contributed by atoms with van der Waals surface area (Å²) < 4.78 is 5.33. The molecule has 0 unspecified atom stereocenters. The first-order valence-corrected chi connectivity index (χ1v) is 8.58. The lowest BCUT2D eigenvalue weighted by atomic mass is 10.1. The maximum atomic E-state index is 5.33. The molecule has 0 radical (unpaired) electrons. The van der Waals surface area contributed by atoms with Crippen molar-refractivity contribution in [1.29, 1.82) is 0 Å². The van der Waals surface area contributed by atoms with Crippen LogP contribution in [0.15, 0.2) is 60.2 Å². The Morgan fingerprint density at radius 1 is 1.00 bits per heavy atom. The molecule has 0 aliphatic carbocycles. The third-order valence-electron chi connectivity index (χ3n) is 4.48. The molecule has 2 aromatic carbocycles. The van der Waals surface area contributed by atoms with Gasteiger partial charge in [0.05, 0.1) is 7.11 Å². The second-order valence-electron chi connectivity index (χ2n) is 6.37. The summed E-state index contributed by atoms with van der Waals surface area (Å²) in [6.45, 7) is 7.58. The number of anilines is 1. The summed E-state index contributed by atoms with van der Waals surface area (Å²) in [5.74, 6) is 0.927. The Labute approximate surface area is 145 Å². The van der Waals surface area contributed by atoms with Crippen molar-refractivity contribution >= 4 is 11.8 Å². The van der Waals surface area contributed by atoms with E-state index in [9.17, 15) is 0 Å². The van der Waals surface area contributed by atoms with Crippen LogP contribution in [0.4, 0.5) is 5.69 Å². The minimum atomic E-state index is 0.927. The monoisotopic (exact) mass is 322 g/mol. The van der Waals surface area contributed by atoms with E-state index >= 15 is 0 Å². The van der Waals surface area contributed by atoms with Crippen LogP contribution in [0.25, 0.3) is 6.08 Å². The predicted molar refractivity (Wildman–Crippen MR) is 102 cm³/mol. The van der Waals surface area contributed by atoms with Crippen molar-refractivity contribution in [1.82, 2.24) is 4.90 Å². The maximum Gasteiger partial charge on any atom is 0.120 e. The van der Waals surface area contributed by atoms with Crippen LogP contribution in [0.5, 0.6) is 5.75 Å². The van der Waals surface area contributed by atoms with Gasteiger partial charge in [-0.15, -0.1) is 0 Å². The summed E-state index contributed by atoms with van der Waals surface area (Å²) in [7, 11) is 1.72. The quantitative estimate of drug-likeness (QED) is 0.830. The normalized spacial score (nSPS) is 16.2. The van der Waals surface area contributed by atoms with Crippen molar-refractivity contribution < 1.29 is 4.74 Å². The zero-order valence-electron chi connectivity index (χ0n) is 14.6. The van der Waals surface area contributed by atoms with E-state index in [1.165, 1.54) is 16.8 Å². The number of nitrogens with zero attached hydrogens (tertiary/aromatic N) is 2. The van der Waals surface area contributed by atoms with Gasteiger partial charge >= 0.3 is 0 Å². The van der Waals surface area contributed by atoms with Crippen LogP contribution in [-0.2, 0) is 0 Å². The average molecular weight is 322 g/mol. The minimum Gasteiger partial charge on any atom is -0.497 e. The lowest BCUT2D eigenvalue weighted by Crippen LogP contribution is -2.46. The number of rotatable bonds is 5. The molecule has 1 fully saturated rings. The van der Waals surface area contributed by atoms with E-state index in [2.05, 4.69) is 71.3 Å². The van der Waals surface area contributed by atoms with Crippen LogP contribution < -0.4 is 9.64 Å². The Hall–Kier alpha value is -2.26. The number of ether oxygens (including phenoxy) is 1. The Morgan fingerprint density at radius 3 is 2.46 bits per heavy atom. The SMILES string of the molecule is COc1cccc(N2CCN(C/C(C)=C/c3ccccc3)CC2)c1. The van der Waals surface area contributed by atoms with Crippen molar-refractivity contribution in [2.24, 2.45) is 0 Å². The van der Waals surface area contributed by atoms with Crippen LogP contribution >= 0.6 is 0 Å². The fraction of sp³-hybridized carbons (Fsp3) is 0.333. The van der Waals surface area contributed by atoms with Gasteiger partial charge < -0.3 is 9.64 Å². The lowest BCUT2D eigenvalue weighted by molar-refractivity contribution is 0.279. The first-order chi connectivity index (χ1) is 11.7. The average Bonchev–Trinajstić information content (AvgIpc) is 2.63. The molecule has 1 aliphatic heterocycles. The molecule has 0 spiro atoms. The van der Waals surface area contributed by atoms with Crippen molar-refractivity contribution in [2.75, 3.05) is 44.7 Å². The van der Waals surface area contributed by atoms with Crippen molar-refractivity contribution in [3.63, 3.8) is 0 Å². The van der Waals surface area contributed by atoms with E-state index in [4.69, 9.17) is 4.74 Å². The standard InChI is InChI=1S/C21H26N2O/c1-18(15-19-7-4-3-5-8-19)17-22-11-13-23(14-12-22)20-9-6-10-21(16-20)24-2/h3-10,15-16H,11-14,17H2,1-2H3/b18-15+. The van der Waals surface area contributed by atoms with Gasteiger partial charge in [0, 0.05) is 44.5 Å². The Kier molecular flexibility index (Phi) is 5.55. The number of hydrogen-bond donors (Lipinski definition) is 0. The third kappa shape index (κ3) is 4.39. The summed E-state index contributed by atoms with van der Waals surface area (Å²) in [6.07, 6.45) is 2.29. The first-order valence-electron chi connectivity index (χ1n) is 8.58. The maximum absolute atomic E-state index is 5.33. The molecular weight excluding hydrogens is 296 g/mol. The largest absolute Gasteiger partial charge is 0.497 e. The molecule has 1 aliphatic rings. The van der Waals surface area contributed by atoms with Gasteiger partial charge in [-0.3, -0.25) is 4.90 Å². The molecular formula is C21H26N2O. The summed E-state index contributed by atoms with van der Waals surface area (Å²) in [5, 5.41) is 0. The highest BCUT2D eigenvalue weighted by Crippen LogP contribution is 2.22. The fourth-order valence-electron chi connectivity index (χ4n) is 3.20. The van der Waals surface area contributed by atoms with Gasteiger partial charge in [-0.05, 0) is 24.6 Å². The zero-order chi connectivity index (χ0) is 16.8. The molecule has 0 N–H and O–H groups in total. The molecule has 3 heteroatoms.